The van der Waals surface area contributed by atoms with Crippen LogP contribution in [0.25, 0.3) is 0 Å². The Kier molecular flexibility index (Phi) is 33.9. The highest BCUT2D eigenvalue weighted by atomic mass is 35.6. The van der Waals surface area contributed by atoms with Crippen LogP contribution in [0.1, 0.15) is 0 Å². The third-order valence-electron chi connectivity index (χ3n) is 0. The Labute approximate surface area is 84.7 Å². The van der Waals surface area contributed by atoms with Gasteiger partial charge in [-0.05, 0) is 0 Å². The van der Waals surface area contributed by atoms with Crippen LogP contribution >= 0.6 is 9.90 Å². The van der Waals surface area contributed by atoms with E-state index in [2.05, 4.69) is 0 Å². The second-order valence-electron chi connectivity index (χ2n) is 0.603. The molecule has 0 radical (unpaired) electrons. The maximum absolute atomic E-state index is 8.52. The molecule has 0 spiro atoms. The Balaban J connectivity index is -0.0000000450. The summed E-state index contributed by atoms with van der Waals surface area (Å²) < 4.78 is 71.9. The molecular weight excluding hydrogens is 281 g/mol. The first-order chi connectivity index (χ1) is 5.20. The molecule has 0 rings (SSSR count). The van der Waals surface area contributed by atoms with Crippen LogP contribution in [-0.4, -0.2) is 14.0 Å². The first-order valence-electron chi connectivity index (χ1n) is 1.43. The van der Waals surface area contributed by atoms with E-state index < -0.39 is 32.4 Å². The van der Waals surface area contributed by atoms with Crippen molar-refractivity contribution >= 4 is 9.90 Å². The molecule has 0 aliphatic rings. The van der Waals surface area contributed by atoms with E-state index in [-0.39, 0.29) is 9.90 Å². The van der Waals surface area contributed by atoms with Gasteiger partial charge in [0.15, 0.2) is 0 Å². The molecule has 0 bridgehead atoms. The van der Waals surface area contributed by atoms with Crippen LogP contribution in [0.2, 0.25) is 0 Å². The standard InChI is InChI=1S/3ClHO3.H3P/c3*2-1(3)4;/h3*2H;1H3. The first-order valence-corrected chi connectivity index (χ1v) is 4.30. The van der Waals surface area contributed by atoms with Gasteiger partial charge in [-0.15, -0.1) is 0 Å². The predicted molar refractivity (Wildman–Crippen MR) is 17.8 cm³/mol. The van der Waals surface area contributed by atoms with Crippen molar-refractivity contribution in [3.05, 3.63) is 0 Å². The Morgan fingerprint density at radius 1 is 0.538 bits per heavy atom. The van der Waals surface area contributed by atoms with Gasteiger partial charge in [0.2, 0.25) is 0 Å². The number of halogens is 3. The smallest absolute Gasteiger partial charge is 0.282 e. The molecule has 0 aromatic rings. The summed E-state index contributed by atoms with van der Waals surface area (Å²) in [5.41, 5.74) is 0. The van der Waals surface area contributed by atoms with Gasteiger partial charge in [-0.1, -0.05) is 0 Å². The van der Waals surface area contributed by atoms with Crippen molar-refractivity contribution in [2.75, 3.05) is 0 Å². The molecule has 0 fully saturated rings. The molecule has 0 saturated heterocycles. The minimum absolute atomic E-state index is 0. The quantitative estimate of drug-likeness (QED) is 0.362. The summed E-state index contributed by atoms with van der Waals surface area (Å²) in [4.78, 5) is 0. The Hall–Kier alpha value is 0.940. The fourth-order valence-electron chi connectivity index (χ4n) is 0. The minimum atomic E-state index is -2.60. The molecular formula is H6Cl3O9P. The van der Waals surface area contributed by atoms with E-state index in [0.29, 0.717) is 0 Å². The highest BCUT2D eigenvalue weighted by Crippen LogP contribution is 1.39. The summed E-state index contributed by atoms with van der Waals surface area (Å²) in [6.45, 7) is 0. The van der Waals surface area contributed by atoms with Crippen LogP contribution in [0, 0.1) is 32.4 Å². The van der Waals surface area contributed by atoms with Crippen LogP contribution in [0.3, 0.4) is 0 Å². The van der Waals surface area contributed by atoms with Crippen molar-refractivity contribution in [1.29, 1.82) is 0 Å². The van der Waals surface area contributed by atoms with Crippen LogP contribution in [0.15, 0.2) is 0 Å². The van der Waals surface area contributed by atoms with Crippen molar-refractivity contribution in [2.45, 2.75) is 0 Å². The second-order valence-corrected chi connectivity index (χ2v) is 1.81. The summed E-state index contributed by atoms with van der Waals surface area (Å²) >= 11 is 0. The number of hydrogen-bond acceptors (Lipinski definition) is 9. The van der Waals surface area contributed by atoms with Crippen molar-refractivity contribution in [1.82, 2.24) is 0 Å². The van der Waals surface area contributed by atoms with E-state index in [4.69, 9.17) is 41.9 Å². The molecule has 0 amide bonds. The lowest BCUT2D eigenvalue weighted by Gasteiger charge is -1.72. The van der Waals surface area contributed by atoms with Gasteiger partial charge < -0.3 is 28.0 Å². The molecule has 0 aromatic heterocycles. The first kappa shape index (κ1) is 23.6. The topological polar surface area (TPSA) is 199 Å². The van der Waals surface area contributed by atoms with E-state index in [1.165, 1.54) is 0 Å². The highest BCUT2D eigenvalue weighted by molar-refractivity contribution is 6.92. The molecule has 9 nitrogen and oxygen atoms in total. The zero-order chi connectivity index (χ0) is 10.7. The molecule has 0 heterocycles. The van der Waals surface area contributed by atoms with Gasteiger partial charge in [0.1, 0.15) is 0 Å². The average Bonchev–Trinajstić information content (AvgIpc) is 1.54. The highest BCUT2D eigenvalue weighted by Gasteiger charge is 1.80. The molecule has 1 atom stereocenters. The fraction of sp³-hybridized carbons (Fsp3) is 0. The largest absolute Gasteiger partial charge is 0.321 e. The Morgan fingerprint density at radius 3 is 0.538 bits per heavy atom. The van der Waals surface area contributed by atoms with E-state index in [0.717, 1.165) is 0 Å². The Morgan fingerprint density at radius 2 is 0.538 bits per heavy atom. The molecule has 0 aliphatic carbocycles. The SMILES string of the molecule is P.[O-][Cl+2]([O-])O.[O-][Cl+2]([O-])O.[O-][Cl+2]([O-])O. The lowest BCUT2D eigenvalue weighted by Crippen LogP contribution is -2.30. The lowest BCUT2D eigenvalue weighted by atomic mass is 15.8. The van der Waals surface area contributed by atoms with Crippen molar-refractivity contribution in [3.63, 3.8) is 0 Å². The summed E-state index contributed by atoms with van der Waals surface area (Å²) in [6.07, 6.45) is 0. The normalized spacial score (nSPS) is 8.31. The maximum Gasteiger partial charge on any atom is 0.282 e. The molecule has 0 aromatic carbocycles. The third-order valence-corrected chi connectivity index (χ3v) is 0. The molecule has 86 valence electrons. The predicted octanol–water partition coefficient (Wildman–Crippen LogP) is -8.75. The van der Waals surface area contributed by atoms with Crippen LogP contribution < -0.4 is 28.0 Å². The summed E-state index contributed by atoms with van der Waals surface area (Å²) in [6, 6.07) is 0. The summed E-state index contributed by atoms with van der Waals surface area (Å²) in [7, 11) is -7.81. The van der Waals surface area contributed by atoms with Gasteiger partial charge in [0, 0.05) is 14.0 Å². The molecule has 3 N–H and O–H groups in total. The van der Waals surface area contributed by atoms with Crippen molar-refractivity contribution in [2.24, 2.45) is 0 Å². The monoisotopic (exact) mass is 286 g/mol. The van der Waals surface area contributed by atoms with Gasteiger partial charge in [-0.25, -0.2) is 0 Å². The van der Waals surface area contributed by atoms with Crippen molar-refractivity contribution in [3.8, 4) is 0 Å². The van der Waals surface area contributed by atoms with Crippen LogP contribution in [0.4, 0.5) is 0 Å². The van der Waals surface area contributed by atoms with Gasteiger partial charge in [0.05, 0.1) is 0 Å². The summed E-state index contributed by atoms with van der Waals surface area (Å²) in [5, 5.41) is 0. The van der Waals surface area contributed by atoms with E-state index in [9.17, 15) is 0 Å². The summed E-state index contributed by atoms with van der Waals surface area (Å²) in [5.74, 6) is 0. The maximum atomic E-state index is 8.52. The van der Waals surface area contributed by atoms with Crippen LogP contribution in [-0.2, 0) is 0 Å². The van der Waals surface area contributed by atoms with Gasteiger partial charge >= 0.3 is 0 Å². The van der Waals surface area contributed by atoms with E-state index in [1.54, 1.807) is 0 Å². The number of rotatable bonds is 0. The second kappa shape index (κ2) is 18.7. The lowest BCUT2D eigenvalue weighted by molar-refractivity contribution is -1.63. The zero-order valence-electron chi connectivity index (χ0n) is 5.63. The number of hydrogen-bond donors (Lipinski definition) is 3. The molecule has 13 heavy (non-hydrogen) atoms. The van der Waals surface area contributed by atoms with E-state index >= 15 is 0 Å². The van der Waals surface area contributed by atoms with Gasteiger partial charge in [0.25, 0.3) is 32.4 Å². The Bertz CT molecular complexity index is 43.4. The van der Waals surface area contributed by atoms with Gasteiger partial charge in [-0.3, -0.25) is 0 Å². The molecule has 0 saturated carbocycles. The zero-order valence-corrected chi connectivity index (χ0v) is 9.31. The third kappa shape index (κ3) is 1750. The minimum Gasteiger partial charge on any atom is -0.321 e. The van der Waals surface area contributed by atoms with Gasteiger partial charge in [-0.2, -0.15) is 9.90 Å². The van der Waals surface area contributed by atoms with Crippen molar-refractivity contribution < 1.29 is 74.3 Å². The molecule has 1 unspecified atom stereocenters. The average molecular weight is 287 g/mol. The molecule has 0 aliphatic heterocycles. The van der Waals surface area contributed by atoms with Crippen LogP contribution in [0.5, 0.6) is 0 Å². The van der Waals surface area contributed by atoms with E-state index in [1.807, 2.05) is 0 Å². The molecule has 13 heteroatoms. The fourth-order valence-corrected chi connectivity index (χ4v) is 0.